The van der Waals surface area contributed by atoms with E-state index in [2.05, 4.69) is 26.1 Å². The highest BCUT2D eigenvalue weighted by atomic mass is 32.1. The average molecular weight is 476 g/mol. The third-order valence-electron chi connectivity index (χ3n) is 3.83. The fourth-order valence-corrected chi connectivity index (χ4v) is 3.21. The summed E-state index contributed by atoms with van der Waals surface area (Å²) in [5, 5.41) is 19.9. The maximum Gasteiger partial charge on any atom is 0.327 e. The van der Waals surface area contributed by atoms with Crippen LogP contribution in [-0.4, -0.2) is 32.7 Å². The number of hydrogen-bond acceptors (Lipinski definition) is 8. The molecule has 1 heterocycles. The second-order valence-corrected chi connectivity index (χ2v) is 8.13. The van der Waals surface area contributed by atoms with Crippen LogP contribution in [0.4, 0.5) is 15.6 Å². The van der Waals surface area contributed by atoms with E-state index in [0.717, 1.165) is 11.3 Å². The van der Waals surface area contributed by atoms with Gasteiger partial charge in [0.05, 0.1) is 15.5 Å². The highest BCUT2D eigenvalue weighted by molar-refractivity contribution is 7.80. The largest absolute Gasteiger partial charge is 0.375 e. The number of imide groups is 1. The predicted octanol–water partition coefficient (Wildman–Crippen LogP) is 2.91. The molecule has 0 spiro atoms. The van der Waals surface area contributed by atoms with E-state index in [9.17, 15) is 19.7 Å². The molecule has 1 aromatic carbocycles. The van der Waals surface area contributed by atoms with Crippen molar-refractivity contribution in [3.05, 3.63) is 56.6 Å². The van der Waals surface area contributed by atoms with Gasteiger partial charge >= 0.3 is 6.03 Å². The zero-order valence-electron chi connectivity index (χ0n) is 17.4. The number of anilines is 1. The summed E-state index contributed by atoms with van der Waals surface area (Å²) in [5.74, 6) is -0.756. The molecule has 0 radical (unpaired) electrons. The summed E-state index contributed by atoms with van der Waals surface area (Å²) >= 11 is 5.93. The average Bonchev–Trinajstić information content (AvgIpc) is 3.07. The lowest BCUT2D eigenvalue weighted by Crippen LogP contribution is -2.36. The molecule has 3 amide bonds. The minimum atomic E-state index is -0.690. The Labute approximate surface area is 192 Å². The van der Waals surface area contributed by atoms with E-state index in [1.54, 1.807) is 45.1 Å². The molecule has 2 rings (SSSR count). The highest BCUT2D eigenvalue weighted by Gasteiger charge is 2.16. The fraction of sp³-hybridized carbons (Fsp3) is 0.211. The number of carbonyl (C=O) groups excluding carboxylic acids is 2. The quantitative estimate of drug-likeness (QED) is 0.205. The van der Waals surface area contributed by atoms with Crippen molar-refractivity contribution >= 4 is 63.2 Å². The standard InChI is InChI=1S/C19H21N7O4S2/c1-10(2)16(27)22-18(28)23-19-21-11(3)15(32-19)14(24-25-17(20)31)9-6-12-4-7-13(8-5-12)26(29)30/h4-10H,1-3H3,(H3,20,25,31)(H2,21,22,23,27,28)/b9-6+,24-14-. The molecule has 0 aliphatic carbocycles. The number of nitro groups is 1. The van der Waals surface area contributed by atoms with Gasteiger partial charge in [0, 0.05) is 18.1 Å². The van der Waals surface area contributed by atoms with E-state index in [-0.39, 0.29) is 21.8 Å². The second-order valence-electron chi connectivity index (χ2n) is 6.69. The molecule has 0 saturated carbocycles. The summed E-state index contributed by atoms with van der Waals surface area (Å²) in [7, 11) is 0. The van der Waals surface area contributed by atoms with Crippen molar-refractivity contribution in [1.82, 2.24) is 15.7 Å². The van der Waals surface area contributed by atoms with Crippen LogP contribution in [0.15, 0.2) is 35.4 Å². The van der Waals surface area contributed by atoms with Crippen LogP contribution in [-0.2, 0) is 4.79 Å². The number of non-ortho nitro benzene ring substituents is 1. The van der Waals surface area contributed by atoms with Gasteiger partial charge < -0.3 is 5.73 Å². The molecule has 0 saturated heterocycles. The number of hydrogen-bond donors (Lipinski definition) is 4. The molecule has 5 N–H and O–H groups in total. The summed E-state index contributed by atoms with van der Waals surface area (Å²) < 4.78 is 0. The van der Waals surface area contributed by atoms with Gasteiger partial charge in [-0.2, -0.15) is 5.10 Å². The van der Waals surface area contributed by atoms with Crippen LogP contribution in [0.25, 0.3) is 6.08 Å². The fourth-order valence-electron chi connectivity index (χ4n) is 2.23. The van der Waals surface area contributed by atoms with Gasteiger partial charge in [-0.3, -0.25) is 31.0 Å². The number of benzene rings is 1. The molecular weight excluding hydrogens is 454 g/mol. The Hall–Kier alpha value is -3.71. The second kappa shape index (κ2) is 11.1. The maximum atomic E-state index is 12.0. The van der Waals surface area contributed by atoms with Crippen molar-refractivity contribution in [1.29, 1.82) is 0 Å². The smallest absolute Gasteiger partial charge is 0.327 e. The molecule has 0 unspecified atom stereocenters. The van der Waals surface area contributed by atoms with E-state index in [1.165, 1.54) is 12.1 Å². The van der Waals surface area contributed by atoms with Crippen LogP contribution in [0.5, 0.6) is 0 Å². The number of allylic oxidation sites excluding steroid dienone is 1. The Bertz CT molecular complexity index is 1090. The van der Waals surface area contributed by atoms with Crippen LogP contribution < -0.4 is 21.8 Å². The number of urea groups is 1. The number of carbonyl (C=O) groups is 2. The van der Waals surface area contributed by atoms with Crippen molar-refractivity contribution in [2.45, 2.75) is 20.8 Å². The third kappa shape index (κ3) is 7.21. The molecule has 1 aromatic heterocycles. The van der Waals surface area contributed by atoms with Crippen molar-refractivity contribution in [3.63, 3.8) is 0 Å². The Kier molecular flexibility index (Phi) is 8.49. The van der Waals surface area contributed by atoms with E-state index in [0.29, 0.717) is 21.8 Å². The zero-order valence-corrected chi connectivity index (χ0v) is 19.0. The lowest BCUT2D eigenvalue weighted by Gasteiger charge is -2.06. The van der Waals surface area contributed by atoms with Crippen LogP contribution in [0, 0.1) is 23.0 Å². The number of nitrogens with two attached hydrogens (primary N) is 1. The predicted molar refractivity (Wildman–Crippen MR) is 127 cm³/mol. The van der Waals surface area contributed by atoms with Crippen LogP contribution >= 0.6 is 23.6 Å². The summed E-state index contributed by atoms with van der Waals surface area (Å²) in [4.78, 5) is 38.9. The van der Waals surface area contributed by atoms with Crippen LogP contribution in [0.3, 0.4) is 0 Å². The van der Waals surface area contributed by atoms with Gasteiger partial charge in [0.1, 0.15) is 5.71 Å². The van der Waals surface area contributed by atoms with E-state index >= 15 is 0 Å². The molecule has 168 valence electrons. The van der Waals surface area contributed by atoms with Gasteiger partial charge in [0.2, 0.25) is 5.91 Å². The zero-order chi connectivity index (χ0) is 23.8. The minimum Gasteiger partial charge on any atom is -0.375 e. The molecule has 11 nitrogen and oxygen atoms in total. The van der Waals surface area contributed by atoms with Gasteiger partial charge in [-0.1, -0.05) is 31.3 Å². The Balaban J connectivity index is 2.26. The third-order valence-corrected chi connectivity index (χ3v) is 5.02. The van der Waals surface area contributed by atoms with Gasteiger partial charge in [-0.15, -0.1) is 0 Å². The van der Waals surface area contributed by atoms with E-state index in [4.69, 9.17) is 18.0 Å². The molecular formula is C19H21N7O4S2. The Morgan fingerprint density at radius 3 is 2.53 bits per heavy atom. The van der Waals surface area contributed by atoms with Crippen LogP contribution in [0.1, 0.15) is 30.0 Å². The number of rotatable bonds is 7. The molecule has 2 aromatic rings. The number of thiocarbonyl (C=S) groups is 1. The first-order valence-corrected chi connectivity index (χ1v) is 10.4. The molecule has 32 heavy (non-hydrogen) atoms. The van der Waals surface area contributed by atoms with E-state index in [1.807, 2.05) is 0 Å². The van der Waals surface area contributed by atoms with Crippen molar-refractivity contribution in [3.8, 4) is 0 Å². The van der Waals surface area contributed by atoms with Crippen molar-refractivity contribution < 1.29 is 14.5 Å². The van der Waals surface area contributed by atoms with Crippen molar-refractivity contribution in [2.24, 2.45) is 16.8 Å². The highest BCUT2D eigenvalue weighted by Crippen LogP contribution is 2.24. The Morgan fingerprint density at radius 1 is 1.31 bits per heavy atom. The Morgan fingerprint density at radius 2 is 1.97 bits per heavy atom. The molecule has 13 heteroatoms. The molecule has 0 bridgehead atoms. The van der Waals surface area contributed by atoms with Gasteiger partial charge in [0.25, 0.3) is 5.69 Å². The monoisotopic (exact) mass is 475 g/mol. The maximum absolute atomic E-state index is 12.0. The van der Waals surface area contributed by atoms with Crippen LogP contribution in [0.2, 0.25) is 0 Å². The summed E-state index contributed by atoms with van der Waals surface area (Å²) in [5.41, 5.74) is 9.64. The normalized spacial score (nSPS) is 11.4. The van der Waals surface area contributed by atoms with Gasteiger partial charge in [-0.05, 0) is 42.9 Å². The number of nitro benzene ring substituents is 1. The number of hydrazone groups is 1. The summed E-state index contributed by atoms with van der Waals surface area (Å²) in [6.07, 6.45) is 3.35. The summed E-state index contributed by atoms with van der Waals surface area (Å²) in [6, 6.07) is 5.28. The topological polar surface area (TPSA) is 165 Å². The minimum absolute atomic E-state index is 0.0190. The number of aromatic nitrogens is 1. The molecule has 0 aliphatic rings. The number of nitrogens with zero attached hydrogens (tertiary/aromatic N) is 3. The SMILES string of the molecule is Cc1nc(NC(=O)NC(=O)C(C)C)sc1C(/C=C/c1ccc([N+](=O)[O-])cc1)=N\NC(N)=S. The van der Waals surface area contributed by atoms with Gasteiger partial charge in [-0.25, -0.2) is 9.78 Å². The first-order valence-electron chi connectivity index (χ1n) is 9.22. The summed E-state index contributed by atoms with van der Waals surface area (Å²) in [6.45, 7) is 5.07. The first-order chi connectivity index (χ1) is 15.1. The number of amides is 3. The number of thiazole rings is 1. The molecule has 0 atom stereocenters. The number of nitrogens with one attached hydrogen (secondary N) is 3. The lowest BCUT2D eigenvalue weighted by molar-refractivity contribution is -0.384. The molecule has 0 fully saturated rings. The molecule has 0 aliphatic heterocycles. The van der Waals surface area contributed by atoms with E-state index < -0.39 is 16.9 Å². The lowest BCUT2D eigenvalue weighted by atomic mass is 10.1. The van der Waals surface area contributed by atoms with Gasteiger partial charge in [0.15, 0.2) is 10.2 Å². The first kappa shape index (κ1) is 24.6. The van der Waals surface area contributed by atoms with Crippen molar-refractivity contribution in [2.75, 3.05) is 5.32 Å². The number of aryl methyl sites for hydroxylation is 1.